The fourth-order valence-electron chi connectivity index (χ4n) is 4.31. The lowest BCUT2D eigenvalue weighted by Gasteiger charge is -2.37. The third kappa shape index (κ3) is 10.0. The fourth-order valence-corrected chi connectivity index (χ4v) is 4.31. The summed E-state index contributed by atoms with van der Waals surface area (Å²) in [6, 6.07) is 0. The number of carboxylic acid groups (broad SMARTS) is 1. The second-order valence-corrected chi connectivity index (χ2v) is 9.00. The highest BCUT2D eigenvalue weighted by Crippen LogP contribution is 2.39. The molecule has 0 aromatic heterocycles. The maximum atomic E-state index is 12.2. The first-order chi connectivity index (χ1) is 16.4. The van der Waals surface area contributed by atoms with E-state index in [9.17, 15) is 19.5 Å². The molecule has 8 nitrogen and oxygen atoms in total. The van der Waals surface area contributed by atoms with Gasteiger partial charge >= 0.3 is 11.9 Å². The summed E-state index contributed by atoms with van der Waals surface area (Å²) in [4.78, 5) is 36.5. The Bertz CT molecular complexity index is 637. The average molecular weight is 484 g/mol. The molecule has 0 fully saturated rings. The van der Waals surface area contributed by atoms with E-state index in [4.69, 9.17) is 14.2 Å². The van der Waals surface area contributed by atoms with Gasteiger partial charge in [0.25, 0.3) is 11.7 Å². The number of aliphatic carboxylic acids is 1. The van der Waals surface area contributed by atoms with Crippen molar-refractivity contribution in [3.63, 3.8) is 0 Å². The quantitative estimate of drug-likeness (QED) is 0.137. The van der Waals surface area contributed by atoms with Gasteiger partial charge in [-0.2, -0.15) is 0 Å². The topological polar surface area (TPSA) is 102 Å². The number of aldehydes is 1. The summed E-state index contributed by atoms with van der Waals surface area (Å²) in [5.41, 5.74) is -1.89. The third-order valence-electron chi connectivity index (χ3n) is 6.23. The summed E-state index contributed by atoms with van der Waals surface area (Å²) < 4.78 is 16.3. The van der Waals surface area contributed by atoms with Crippen molar-refractivity contribution in [1.82, 2.24) is 4.90 Å². The molecule has 0 aromatic rings. The first-order valence-electron chi connectivity index (χ1n) is 13.0. The molecular weight excluding hydrogens is 438 g/mol. The molecule has 0 radical (unpaired) electrons. The fraction of sp³-hybridized carbons (Fsp3) is 0.808. The Labute approximate surface area is 205 Å². The lowest BCUT2D eigenvalue weighted by atomic mass is 9.92. The molecule has 34 heavy (non-hydrogen) atoms. The number of carbonyl (C=O) groups excluding carboxylic acids is 2. The van der Waals surface area contributed by atoms with Crippen LogP contribution in [0.15, 0.2) is 12.0 Å². The van der Waals surface area contributed by atoms with Crippen LogP contribution in [-0.4, -0.2) is 60.8 Å². The molecular formula is C26H45NO7. The zero-order valence-electron chi connectivity index (χ0n) is 21.4. The Hall–Kier alpha value is -2.09. The largest absolute Gasteiger partial charge is 0.477 e. The maximum Gasteiger partial charge on any atom is 0.364 e. The second-order valence-electron chi connectivity index (χ2n) is 9.00. The van der Waals surface area contributed by atoms with E-state index < -0.39 is 23.6 Å². The number of esters is 1. The lowest BCUT2D eigenvalue weighted by molar-refractivity contribution is -0.200. The highest BCUT2D eigenvalue weighted by atomic mass is 16.7. The molecule has 1 aliphatic rings. The molecule has 1 aliphatic heterocycles. The van der Waals surface area contributed by atoms with Crippen molar-refractivity contribution in [2.24, 2.45) is 5.92 Å². The zero-order valence-corrected chi connectivity index (χ0v) is 21.4. The van der Waals surface area contributed by atoms with Crippen molar-refractivity contribution >= 4 is 18.2 Å². The van der Waals surface area contributed by atoms with Crippen molar-refractivity contribution in [2.45, 2.75) is 103 Å². The first-order valence-corrected chi connectivity index (χ1v) is 13.0. The van der Waals surface area contributed by atoms with Crippen molar-refractivity contribution in [3.05, 3.63) is 12.0 Å². The smallest absolute Gasteiger partial charge is 0.364 e. The molecule has 8 heteroatoms. The number of ether oxygens (including phenoxy) is 3. The van der Waals surface area contributed by atoms with Crippen LogP contribution >= 0.6 is 0 Å². The van der Waals surface area contributed by atoms with E-state index in [-0.39, 0.29) is 25.5 Å². The molecule has 0 saturated heterocycles. The first kappa shape index (κ1) is 29.9. The van der Waals surface area contributed by atoms with Crippen LogP contribution in [0.2, 0.25) is 0 Å². The minimum atomic E-state index is -1.89. The Kier molecular flexibility index (Phi) is 15.3. The molecule has 0 amide bonds. The van der Waals surface area contributed by atoms with Crippen molar-refractivity contribution in [3.8, 4) is 0 Å². The molecule has 196 valence electrons. The Morgan fingerprint density at radius 2 is 1.59 bits per heavy atom. The van der Waals surface area contributed by atoms with Crippen LogP contribution in [0.3, 0.4) is 0 Å². The van der Waals surface area contributed by atoms with Crippen LogP contribution in [0.25, 0.3) is 0 Å². The molecule has 1 heterocycles. The van der Waals surface area contributed by atoms with Crippen LogP contribution in [0.4, 0.5) is 0 Å². The van der Waals surface area contributed by atoms with Gasteiger partial charge in [0.05, 0.1) is 19.1 Å². The van der Waals surface area contributed by atoms with E-state index in [0.717, 1.165) is 19.3 Å². The van der Waals surface area contributed by atoms with Crippen molar-refractivity contribution in [1.29, 1.82) is 0 Å². The number of nitrogens with zero attached hydrogens (tertiary/aromatic N) is 1. The Morgan fingerprint density at radius 1 is 1.03 bits per heavy atom. The highest BCUT2D eigenvalue weighted by molar-refractivity contribution is 5.81. The third-order valence-corrected chi connectivity index (χ3v) is 6.23. The molecule has 0 aromatic carbocycles. The van der Waals surface area contributed by atoms with Gasteiger partial charge in [-0.05, 0) is 20.4 Å². The summed E-state index contributed by atoms with van der Waals surface area (Å²) in [5, 5.41) is 9.95. The van der Waals surface area contributed by atoms with Gasteiger partial charge in [-0.15, -0.1) is 0 Å². The van der Waals surface area contributed by atoms with Crippen LogP contribution in [0, 0.1) is 5.92 Å². The van der Waals surface area contributed by atoms with E-state index in [1.54, 1.807) is 6.92 Å². The van der Waals surface area contributed by atoms with Crippen molar-refractivity contribution in [2.75, 3.05) is 26.8 Å². The number of carboxylic acids is 1. The highest BCUT2D eigenvalue weighted by Gasteiger charge is 2.56. The normalized spacial score (nSPS) is 19.5. The summed E-state index contributed by atoms with van der Waals surface area (Å²) in [6.07, 6.45) is 17.0. The van der Waals surface area contributed by atoms with Gasteiger partial charge in [0.1, 0.15) is 12.8 Å². The van der Waals surface area contributed by atoms with Gasteiger partial charge in [0, 0.05) is 12.5 Å². The standard InChI is InChI=1S/C26H45NO7/c1-4-6-7-8-9-10-11-12-13-14-15-16-19-33-24-20-22(17-18-28)26(34-24,25(30)31)27(3)21-23(29)32-5-2/h18,20,22H,4-17,19,21H2,1-3H3,(H,30,31). The monoisotopic (exact) mass is 483 g/mol. The van der Waals surface area contributed by atoms with Gasteiger partial charge in [-0.1, -0.05) is 77.6 Å². The molecule has 1 N–H and O–H groups in total. The molecule has 2 atom stereocenters. The van der Waals surface area contributed by atoms with E-state index in [1.807, 2.05) is 0 Å². The van der Waals surface area contributed by atoms with Crippen LogP contribution in [0.5, 0.6) is 0 Å². The van der Waals surface area contributed by atoms with Crippen LogP contribution in [0.1, 0.15) is 97.3 Å². The number of hydrogen-bond donors (Lipinski definition) is 1. The molecule has 0 aliphatic carbocycles. The van der Waals surface area contributed by atoms with E-state index in [0.29, 0.717) is 12.9 Å². The van der Waals surface area contributed by atoms with Crippen LogP contribution in [-0.2, 0) is 28.6 Å². The van der Waals surface area contributed by atoms with Gasteiger partial charge < -0.3 is 24.1 Å². The van der Waals surface area contributed by atoms with Gasteiger partial charge in [0.15, 0.2) is 0 Å². The Balaban J connectivity index is 2.38. The number of hydrogen-bond acceptors (Lipinski definition) is 7. The number of rotatable bonds is 21. The predicted octanol–water partition coefficient (Wildman–Crippen LogP) is 5.06. The van der Waals surface area contributed by atoms with E-state index in [1.165, 1.54) is 75.8 Å². The summed E-state index contributed by atoms with van der Waals surface area (Å²) in [7, 11) is 1.46. The summed E-state index contributed by atoms with van der Waals surface area (Å²) in [6.45, 7) is 4.24. The zero-order chi connectivity index (χ0) is 25.2. The number of unbranched alkanes of at least 4 members (excludes halogenated alkanes) is 11. The molecule has 0 spiro atoms. The summed E-state index contributed by atoms with van der Waals surface area (Å²) in [5.74, 6) is -2.54. The SMILES string of the molecule is CCCCCCCCCCCCCCOC1=CC(CC=O)C(C(=O)O)(N(C)CC(=O)OCC)O1. The lowest BCUT2D eigenvalue weighted by Crippen LogP contribution is -2.58. The second kappa shape index (κ2) is 17.4. The van der Waals surface area contributed by atoms with Gasteiger partial charge in [-0.25, -0.2) is 9.69 Å². The average Bonchev–Trinajstić information content (AvgIpc) is 3.17. The van der Waals surface area contributed by atoms with Crippen LogP contribution < -0.4 is 0 Å². The predicted molar refractivity (Wildman–Crippen MR) is 130 cm³/mol. The number of likely N-dealkylation sites (N-methyl/N-ethyl adjacent to an activating group) is 1. The maximum absolute atomic E-state index is 12.2. The number of carbonyl (C=O) groups is 3. The van der Waals surface area contributed by atoms with Gasteiger partial charge in [-0.3, -0.25) is 4.79 Å². The molecule has 1 rings (SSSR count). The van der Waals surface area contributed by atoms with E-state index in [2.05, 4.69) is 6.92 Å². The van der Waals surface area contributed by atoms with Crippen molar-refractivity contribution < 1.29 is 33.7 Å². The molecule has 2 unspecified atom stereocenters. The van der Waals surface area contributed by atoms with E-state index >= 15 is 0 Å². The molecule has 0 bridgehead atoms. The summed E-state index contributed by atoms with van der Waals surface area (Å²) >= 11 is 0. The minimum absolute atomic E-state index is 0.0646. The minimum Gasteiger partial charge on any atom is -0.477 e. The van der Waals surface area contributed by atoms with Gasteiger partial charge in [0.2, 0.25) is 0 Å². The molecule has 0 saturated carbocycles. The Morgan fingerprint density at radius 3 is 2.09 bits per heavy atom.